The first kappa shape index (κ1) is 19.6. The fraction of sp³-hybridized carbons (Fsp3) is 0.278. The number of halogens is 2. The van der Waals surface area contributed by atoms with Crippen molar-refractivity contribution in [1.29, 1.82) is 0 Å². The predicted octanol–water partition coefficient (Wildman–Crippen LogP) is 5.51. The van der Waals surface area contributed by atoms with E-state index in [-0.39, 0.29) is 12.3 Å². The summed E-state index contributed by atoms with van der Waals surface area (Å²) in [6, 6.07) is 8.81. The Hall–Kier alpha value is -1.76. The summed E-state index contributed by atoms with van der Waals surface area (Å²) >= 11 is 9.73. The minimum atomic E-state index is -0.909. The van der Waals surface area contributed by atoms with Gasteiger partial charge in [0, 0.05) is 10.6 Å². The van der Waals surface area contributed by atoms with Crippen LogP contribution in [0.15, 0.2) is 34.8 Å². The number of methoxy groups -OCH3 is 1. The Labute approximate surface area is 160 Å². The van der Waals surface area contributed by atoms with E-state index in [9.17, 15) is 10.0 Å². The zero-order chi connectivity index (χ0) is 18.6. The van der Waals surface area contributed by atoms with Crippen molar-refractivity contribution in [3.8, 4) is 5.75 Å². The first-order valence-electron chi connectivity index (χ1n) is 7.65. The number of amides is 1. The third-order valence-corrected chi connectivity index (χ3v) is 4.79. The van der Waals surface area contributed by atoms with Crippen LogP contribution >= 0.6 is 27.5 Å². The molecular formula is C18H19BrClNO4. The smallest absolute Gasteiger partial charge is 0.438 e. The van der Waals surface area contributed by atoms with E-state index in [2.05, 4.69) is 27.6 Å². The fourth-order valence-corrected chi connectivity index (χ4v) is 3.14. The van der Waals surface area contributed by atoms with Crippen LogP contribution in [0.25, 0.3) is 0 Å². The maximum atomic E-state index is 11.6. The summed E-state index contributed by atoms with van der Waals surface area (Å²) in [4.78, 5) is 11.6. The zero-order valence-corrected chi connectivity index (χ0v) is 16.5. The van der Waals surface area contributed by atoms with Crippen molar-refractivity contribution in [2.75, 3.05) is 12.2 Å². The lowest BCUT2D eigenvalue weighted by Gasteiger charge is -2.19. The van der Waals surface area contributed by atoms with Gasteiger partial charge in [0.05, 0.1) is 17.3 Å². The molecular weight excluding hydrogens is 410 g/mol. The van der Waals surface area contributed by atoms with E-state index >= 15 is 0 Å². The molecule has 0 aromatic heterocycles. The molecule has 0 atom stereocenters. The molecule has 25 heavy (non-hydrogen) atoms. The first-order chi connectivity index (χ1) is 11.9. The second kappa shape index (κ2) is 8.56. The number of hydrogen-bond donors (Lipinski definition) is 1. The van der Waals surface area contributed by atoms with Gasteiger partial charge < -0.3 is 9.47 Å². The summed E-state index contributed by atoms with van der Waals surface area (Å²) in [6.07, 6.45) is 0.0191. The maximum absolute atomic E-state index is 11.6. The van der Waals surface area contributed by atoms with E-state index in [0.29, 0.717) is 21.4 Å². The van der Waals surface area contributed by atoms with Gasteiger partial charge in [-0.15, -0.1) is 0 Å². The zero-order valence-electron chi connectivity index (χ0n) is 14.2. The standard InChI is InChI=1S/C18H19BrClNO4/c1-4-12-9-14(19)17(8-11(12)2)25-10-13-15(20)6-5-7-16(13)21(23)18(22)24-3/h5-9,23H,4,10H2,1-3H3. The molecule has 5 nitrogen and oxygen atoms in total. The third-order valence-electron chi connectivity index (χ3n) is 3.81. The number of aryl methyl sites for hydroxylation is 2. The summed E-state index contributed by atoms with van der Waals surface area (Å²) in [5.74, 6) is 0.656. The SMILES string of the molecule is CCc1cc(Br)c(OCc2c(Cl)cccc2N(O)C(=O)OC)cc1C. The third kappa shape index (κ3) is 4.45. The monoisotopic (exact) mass is 427 g/mol. The van der Waals surface area contributed by atoms with Gasteiger partial charge in [0.1, 0.15) is 12.4 Å². The Bertz CT molecular complexity index is 782. The molecule has 0 fully saturated rings. The van der Waals surface area contributed by atoms with E-state index < -0.39 is 6.09 Å². The number of carbonyl (C=O) groups excluding carboxylic acids is 1. The Morgan fingerprint density at radius 2 is 2.08 bits per heavy atom. The number of nitrogens with zero attached hydrogens (tertiary/aromatic N) is 1. The molecule has 2 aromatic rings. The molecule has 2 rings (SSSR count). The average Bonchev–Trinajstić information content (AvgIpc) is 2.61. The highest BCUT2D eigenvalue weighted by atomic mass is 79.9. The fourth-order valence-electron chi connectivity index (χ4n) is 2.41. The molecule has 0 heterocycles. The quantitative estimate of drug-likeness (QED) is 0.503. The van der Waals surface area contributed by atoms with Crippen molar-refractivity contribution in [3.05, 3.63) is 56.5 Å². The topological polar surface area (TPSA) is 59.0 Å². The number of ether oxygens (including phenoxy) is 2. The lowest BCUT2D eigenvalue weighted by Crippen LogP contribution is -2.28. The molecule has 0 saturated heterocycles. The highest BCUT2D eigenvalue weighted by Crippen LogP contribution is 2.32. The minimum absolute atomic E-state index is 0.0760. The van der Waals surface area contributed by atoms with Crippen molar-refractivity contribution in [3.63, 3.8) is 0 Å². The van der Waals surface area contributed by atoms with Crippen LogP contribution in [0.4, 0.5) is 10.5 Å². The summed E-state index contributed by atoms with van der Waals surface area (Å²) in [7, 11) is 1.18. The summed E-state index contributed by atoms with van der Waals surface area (Å²) in [5.41, 5.74) is 3.03. The second-order valence-electron chi connectivity index (χ2n) is 5.37. The van der Waals surface area contributed by atoms with Gasteiger partial charge in [0.2, 0.25) is 0 Å². The van der Waals surface area contributed by atoms with Crippen LogP contribution in [0.5, 0.6) is 5.75 Å². The molecule has 0 spiro atoms. The van der Waals surface area contributed by atoms with Crippen LogP contribution < -0.4 is 9.80 Å². The van der Waals surface area contributed by atoms with Gasteiger partial charge in [0.25, 0.3) is 0 Å². The van der Waals surface area contributed by atoms with E-state index in [0.717, 1.165) is 16.5 Å². The molecule has 0 bridgehead atoms. The van der Waals surface area contributed by atoms with E-state index in [1.165, 1.54) is 12.7 Å². The summed E-state index contributed by atoms with van der Waals surface area (Å²) in [6.45, 7) is 4.19. The molecule has 0 aliphatic rings. The number of rotatable bonds is 5. The number of hydroxylamine groups is 1. The van der Waals surface area contributed by atoms with Crippen molar-refractivity contribution < 1.29 is 19.5 Å². The van der Waals surface area contributed by atoms with Crippen LogP contribution in [0.1, 0.15) is 23.6 Å². The highest BCUT2D eigenvalue weighted by molar-refractivity contribution is 9.10. The Morgan fingerprint density at radius 1 is 1.36 bits per heavy atom. The van der Waals surface area contributed by atoms with Crippen molar-refractivity contribution in [1.82, 2.24) is 0 Å². The van der Waals surface area contributed by atoms with Gasteiger partial charge >= 0.3 is 6.09 Å². The van der Waals surface area contributed by atoms with Gasteiger partial charge in [-0.3, -0.25) is 5.21 Å². The molecule has 0 saturated carbocycles. The molecule has 2 aromatic carbocycles. The Morgan fingerprint density at radius 3 is 2.72 bits per heavy atom. The molecule has 0 unspecified atom stereocenters. The lowest BCUT2D eigenvalue weighted by atomic mass is 10.1. The van der Waals surface area contributed by atoms with Crippen molar-refractivity contribution >= 4 is 39.3 Å². The van der Waals surface area contributed by atoms with Gasteiger partial charge in [-0.1, -0.05) is 24.6 Å². The Balaban J connectivity index is 2.30. The molecule has 134 valence electrons. The van der Waals surface area contributed by atoms with Crippen LogP contribution in [-0.2, 0) is 17.8 Å². The van der Waals surface area contributed by atoms with Crippen LogP contribution in [0.2, 0.25) is 5.02 Å². The van der Waals surface area contributed by atoms with Gasteiger partial charge in [-0.2, -0.15) is 5.06 Å². The highest BCUT2D eigenvalue weighted by Gasteiger charge is 2.20. The first-order valence-corrected chi connectivity index (χ1v) is 8.82. The lowest BCUT2D eigenvalue weighted by molar-refractivity contribution is 0.140. The number of benzene rings is 2. The van der Waals surface area contributed by atoms with E-state index in [4.69, 9.17) is 16.3 Å². The molecule has 0 aliphatic heterocycles. The van der Waals surface area contributed by atoms with Crippen LogP contribution in [-0.4, -0.2) is 18.4 Å². The largest absolute Gasteiger partial charge is 0.488 e. The molecule has 0 radical (unpaired) electrons. The molecule has 1 N–H and O–H groups in total. The van der Waals surface area contributed by atoms with Gasteiger partial charge in [0.15, 0.2) is 0 Å². The van der Waals surface area contributed by atoms with Crippen molar-refractivity contribution in [2.24, 2.45) is 0 Å². The molecule has 7 heteroatoms. The normalized spacial score (nSPS) is 10.5. The number of hydrogen-bond acceptors (Lipinski definition) is 4. The number of carbonyl (C=O) groups is 1. The van der Waals surface area contributed by atoms with Gasteiger partial charge in [-0.25, -0.2) is 4.79 Å². The van der Waals surface area contributed by atoms with Crippen molar-refractivity contribution in [2.45, 2.75) is 26.9 Å². The Kier molecular flexibility index (Phi) is 6.70. The number of anilines is 1. The maximum Gasteiger partial charge on any atom is 0.438 e. The van der Waals surface area contributed by atoms with Crippen LogP contribution in [0.3, 0.4) is 0 Å². The van der Waals surface area contributed by atoms with Gasteiger partial charge in [-0.05, 0) is 64.7 Å². The molecule has 0 aliphatic carbocycles. The molecule has 1 amide bonds. The van der Waals surface area contributed by atoms with Crippen LogP contribution in [0, 0.1) is 6.92 Å². The van der Waals surface area contributed by atoms with E-state index in [1.807, 2.05) is 19.1 Å². The average molecular weight is 429 g/mol. The summed E-state index contributed by atoms with van der Waals surface area (Å²) in [5, 5.41) is 10.8. The summed E-state index contributed by atoms with van der Waals surface area (Å²) < 4.78 is 11.2. The predicted molar refractivity (Wildman–Crippen MR) is 101 cm³/mol. The second-order valence-corrected chi connectivity index (χ2v) is 6.63. The van der Waals surface area contributed by atoms with E-state index in [1.54, 1.807) is 18.2 Å². The minimum Gasteiger partial charge on any atom is -0.488 e.